The van der Waals surface area contributed by atoms with Crippen LogP contribution in [0.25, 0.3) is 0 Å². The smallest absolute Gasteiger partial charge is 0.0332 e. The lowest BCUT2D eigenvalue weighted by Gasteiger charge is -2.47. The summed E-state index contributed by atoms with van der Waals surface area (Å²) in [5, 5.41) is 0. The molecule has 1 heterocycles. The summed E-state index contributed by atoms with van der Waals surface area (Å²) < 4.78 is 0. The largest absolute Gasteiger partial charge is 0.329 e. The molecule has 1 aromatic rings. The highest BCUT2D eigenvalue weighted by atomic mass is 15.2. The third kappa shape index (κ3) is 3.02. The van der Waals surface area contributed by atoms with E-state index >= 15 is 0 Å². The van der Waals surface area contributed by atoms with Crippen molar-refractivity contribution in [3.05, 3.63) is 35.4 Å². The van der Waals surface area contributed by atoms with Gasteiger partial charge < -0.3 is 5.73 Å². The summed E-state index contributed by atoms with van der Waals surface area (Å²) in [6.45, 7) is 5.54. The highest BCUT2D eigenvalue weighted by Crippen LogP contribution is 2.38. The first kappa shape index (κ1) is 15.1. The summed E-state index contributed by atoms with van der Waals surface area (Å²) in [5.41, 5.74) is 9.66. The van der Waals surface area contributed by atoms with Gasteiger partial charge in [0.2, 0.25) is 0 Å². The van der Waals surface area contributed by atoms with Gasteiger partial charge in [-0.05, 0) is 55.6 Å². The molecular formula is C19H30N2. The van der Waals surface area contributed by atoms with E-state index in [0.29, 0.717) is 0 Å². The van der Waals surface area contributed by atoms with Crippen molar-refractivity contribution >= 4 is 0 Å². The molecule has 2 aliphatic rings. The van der Waals surface area contributed by atoms with Gasteiger partial charge in [0, 0.05) is 25.2 Å². The number of nitrogens with two attached hydrogens (primary N) is 1. The van der Waals surface area contributed by atoms with E-state index < -0.39 is 0 Å². The SMILES string of the molecule is CCC1CCC(CN)(N2CCc3ccccc3CC2)CC1. The molecule has 1 aliphatic heterocycles. The lowest BCUT2D eigenvalue weighted by atomic mass is 9.74. The first-order valence-corrected chi connectivity index (χ1v) is 8.79. The fourth-order valence-corrected chi connectivity index (χ4v) is 4.41. The Bertz CT molecular complexity index is 433. The topological polar surface area (TPSA) is 29.3 Å². The average molecular weight is 286 g/mol. The fourth-order valence-electron chi connectivity index (χ4n) is 4.41. The van der Waals surface area contributed by atoms with E-state index in [-0.39, 0.29) is 5.54 Å². The molecule has 2 nitrogen and oxygen atoms in total. The molecule has 0 atom stereocenters. The van der Waals surface area contributed by atoms with E-state index in [1.807, 2.05) is 0 Å². The second kappa shape index (κ2) is 6.50. The molecule has 0 unspecified atom stereocenters. The molecule has 1 saturated carbocycles. The minimum absolute atomic E-state index is 0.285. The monoisotopic (exact) mass is 286 g/mol. The summed E-state index contributed by atoms with van der Waals surface area (Å²) in [4.78, 5) is 2.74. The van der Waals surface area contributed by atoms with Crippen LogP contribution in [-0.2, 0) is 12.8 Å². The maximum absolute atomic E-state index is 6.27. The van der Waals surface area contributed by atoms with Crippen LogP contribution in [0.3, 0.4) is 0 Å². The first-order chi connectivity index (χ1) is 10.3. The third-order valence-electron chi connectivity index (χ3n) is 6.08. The van der Waals surface area contributed by atoms with Crippen molar-refractivity contribution < 1.29 is 0 Å². The standard InChI is InChI=1S/C19H30N2/c1-2-16-7-11-19(15-20,12-8-16)21-13-9-17-5-3-4-6-18(17)10-14-21/h3-6,16H,2,7-15,20H2,1H3. The fraction of sp³-hybridized carbons (Fsp3) is 0.684. The molecular weight excluding hydrogens is 256 g/mol. The summed E-state index contributed by atoms with van der Waals surface area (Å²) in [7, 11) is 0. The van der Waals surface area contributed by atoms with Gasteiger partial charge in [-0.2, -0.15) is 0 Å². The lowest BCUT2D eigenvalue weighted by Crippen LogP contribution is -2.56. The first-order valence-electron chi connectivity index (χ1n) is 8.79. The second-order valence-corrected chi connectivity index (χ2v) is 7.04. The molecule has 1 aromatic carbocycles. The van der Waals surface area contributed by atoms with Gasteiger partial charge in [0.05, 0.1) is 0 Å². The average Bonchev–Trinajstić information content (AvgIpc) is 2.78. The van der Waals surface area contributed by atoms with Crippen molar-refractivity contribution in [1.82, 2.24) is 4.90 Å². The van der Waals surface area contributed by atoms with Gasteiger partial charge in [0.25, 0.3) is 0 Å². The Morgan fingerprint density at radius 2 is 1.67 bits per heavy atom. The van der Waals surface area contributed by atoms with Crippen LogP contribution >= 0.6 is 0 Å². The van der Waals surface area contributed by atoms with Gasteiger partial charge >= 0.3 is 0 Å². The maximum atomic E-state index is 6.27. The highest BCUT2D eigenvalue weighted by molar-refractivity contribution is 5.29. The number of hydrogen-bond donors (Lipinski definition) is 1. The Morgan fingerprint density at radius 3 is 2.14 bits per heavy atom. The van der Waals surface area contributed by atoms with Crippen molar-refractivity contribution in [3.63, 3.8) is 0 Å². The van der Waals surface area contributed by atoms with Crippen LogP contribution in [0.5, 0.6) is 0 Å². The van der Waals surface area contributed by atoms with Gasteiger partial charge in [-0.15, -0.1) is 0 Å². The lowest BCUT2D eigenvalue weighted by molar-refractivity contribution is 0.0451. The zero-order chi connectivity index (χ0) is 14.7. The maximum Gasteiger partial charge on any atom is 0.0332 e. The molecule has 1 aliphatic carbocycles. The molecule has 0 amide bonds. The molecule has 3 rings (SSSR count). The van der Waals surface area contributed by atoms with Gasteiger partial charge in [-0.1, -0.05) is 37.6 Å². The minimum Gasteiger partial charge on any atom is -0.329 e. The predicted octanol–water partition coefficient (Wildman–Crippen LogP) is 3.38. The zero-order valence-electron chi connectivity index (χ0n) is 13.5. The van der Waals surface area contributed by atoms with Crippen molar-refractivity contribution in [1.29, 1.82) is 0 Å². The van der Waals surface area contributed by atoms with Crippen LogP contribution < -0.4 is 5.73 Å². The van der Waals surface area contributed by atoms with Crippen molar-refractivity contribution in [2.45, 2.75) is 57.4 Å². The molecule has 21 heavy (non-hydrogen) atoms. The van der Waals surface area contributed by atoms with Crippen molar-refractivity contribution in [3.8, 4) is 0 Å². The van der Waals surface area contributed by atoms with Crippen molar-refractivity contribution in [2.75, 3.05) is 19.6 Å². The number of hydrogen-bond acceptors (Lipinski definition) is 2. The molecule has 0 saturated heterocycles. The minimum atomic E-state index is 0.285. The Labute approximate surface area is 129 Å². The van der Waals surface area contributed by atoms with Crippen LogP contribution in [0.2, 0.25) is 0 Å². The Hall–Kier alpha value is -0.860. The van der Waals surface area contributed by atoms with E-state index in [9.17, 15) is 0 Å². The van der Waals surface area contributed by atoms with E-state index in [2.05, 4.69) is 36.1 Å². The van der Waals surface area contributed by atoms with Crippen LogP contribution in [0, 0.1) is 5.92 Å². The summed E-state index contributed by atoms with van der Waals surface area (Å²) >= 11 is 0. The molecule has 0 aromatic heterocycles. The Kier molecular flexibility index (Phi) is 4.66. The van der Waals surface area contributed by atoms with Gasteiger partial charge in [0.15, 0.2) is 0 Å². The van der Waals surface area contributed by atoms with Crippen LogP contribution in [-0.4, -0.2) is 30.1 Å². The van der Waals surface area contributed by atoms with Crippen LogP contribution in [0.15, 0.2) is 24.3 Å². The van der Waals surface area contributed by atoms with Gasteiger partial charge in [-0.3, -0.25) is 4.90 Å². The quantitative estimate of drug-likeness (QED) is 0.923. The summed E-state index contributed by atoms with van der Waals surface area (Å²) in [5.74, 6) is 0.939. The summed E-state index contributed by atoms with van der Waals surface area (Å²) in [6.07, 6.45) is 9.07. The molecule has 2 heteroatoms. The molecule has 0 radical (unpaired) electrons. The van der Waals surface area contributed by atoms with Gasteiger partial charge in [0.1, 0.15) is 0 Å². The van der Waals surface area contributed by atoms with Gasteiger partial charge in [-0.25, -0.2) is 0 Å². The molecule has 0 spiro atoms. The van der Waals surface area contributed by atoms with Crippen molar-refractivity contribution in [2.24, 2.45) is 11.7 Å². The molecule has 0 bridgehead atoms. The Morgan fingerprint density at radius 1 is 1.10 bits per heavy atom. The molecule has 2 N–H and O–H groups in total. The van der Waals surface area contributed by atoms with E-state index in [1.54, 1.807) is 11.1 Å². The third-order valence-corrected chi connectivity index (χ3v) is 6.08. The number of rotatable bonds is 3. The second-order valence-electron chi connectivity index (χ2n) is 7.04. The van der Waals surface area contributed by atoms with E-state index in [1.165, 1.54) is 58.0 Å². The van der Waals surface area contributed by atoms with Crippen LogP contribution in [0.4, 0.5) is 0 Å². The van der Waals surface area contributed by atoms with E-state index in [0.717, 1.165) is 12.5 Å². The van der Waals surface area contributed by atoms with Crippen LogP contribution in [0.1, 0.15) is 50.2 Å². The molecule has 116 valence electrons. The summed E-state index contributed by atoms with van der Waals surface area (Å²) in [6, 6.07) is 8.98. The highest BCUT2D eigenvalue weighted by Gasteiger charge is 2.39. The number of nitrogens with zero attached hydrogens (tertiary/aromatic N) is 1. The molecule has 1 fully saturated rings. The predicted molar refractivity (Wildman–Crippen MR) is 89.5 cm³/mol. The zero-order valence-corrected chi connectivity index (χ0v) is 13.5. The number of fused-ring (bicyclic) bond motifs is 1. The Balaban J connectivity index is 1.72. The number of benzene rings is 1. The normalized spacial score (nSPS) is 30.7. The van der Waals surface area contributed by atoms with E-state index in [4.69, 9.17) is 5.73 Å².